The van der Waals surface area contributed by atoms with Gasteiger partial charge in [-0.1, -0.05) is 45.8 Å². The standard InChI is InChI=1S/C18H20BrNO/c1-11-9-12(2)17(13(3)10-11)18(21)20-14(4)15-5-7-16(19)8-6-15/h5-10,14H,1-4H3,(H,20,21). The van der Waals surface area contributed by atoms with Crippen molar-refractivity contribution in [3.63, 3.8) is 0 Å². The van der Waals surface area contributed by atoms with Crippen LogP contribution in [0.2, 0.25) is 0 Å². The van der Waals surface area contributed by atoms with Crippen LogP contribution in [0.15, 0.2) is 40.9 Å². The topological polar surface area (TPSA) is 29.1 Å². The van der Waals surface area contributed by atoms with Crippen molar-refractivity contribution in [3.05, 3.63) is 68.7 Å². The van der Waals surface area contributed by atoms with Gasteiger partial charge in [0, 0.05) is 10.0 Å². The van der Waals surface area contributed by atoms with E-state index in [-0.39, 0.29) is 11.9 Å². The SMILES string of the molecule is Cc1cc(C)c(C(=O)NC(C)c2ccc(Br)cc2)c(C)c1. The maximum atomic E-state index is 12.5. The molecule has 0 heterocycles. The van der Waals surface area contributed by atoms with Crippen molar-refractivity contribution in [2.24, 2.45) is 0 Å². The lowest BCUT2D eigenvalue weighted by atomic mass is 9.98. The van der Waals surface area contributed by atoms with E-state index in [1.807, 2.05) is 64.1 Å². The van der Waals surface area contributed by atoms with Gasteiger partial charge in [0.15, 0.2) is 0 Å². The summed E-state index contributed by atoms with van der Waals surface area (Å²) in [5.74, 6) is -0.0135. The Bertz CT molecular complexity index is 638. The second kappa shape index (κ2) is 6.44. The maximum absolute atomic E-state index is 12.5. The van der Waals surface area contributed by atoms with E-state index in [2.05, 4.69) is 21.2 Å². The monoisotopic (exact) mass is 345 g/mol. The van der Waals surface area contributed by atoms with Crippen molar-refractivity contribution in [1.29, 1.82) is 0 Å². The molecule has 0 fully saturated rings. The first-order valence-electron chi connectivity index (χ1n) is 7.02. The fourth-order valence-electron chi connectivity index (χ4n) is 2.64. The molecule has 2 nitrogen and oxygen atoms in total. The summed E-state index contributed by atoms with van der Waals surface area (Å²) in [6, 6.07) is 12.1. The molecule has 0 saturated heterocycles. The summed E-state index contributed by atoms with van der Waals surface area (Å²) in [4.78, 5) is 12.5. The van der Waals surface area contributed by atoms with Crippen LogP contribution in [0.4, 0.5) is 0 Å². The zero-order valence-corrected chi connectivity index (χ0v) is 14.4. The third kappa shape index (κ3) is 3.73. The Balaban J connectivity index is 2.20. The first kappa shape index (κ1) is 15.8. The number of carbonyl (C=O) groups is 1. The van der Waals surface area contributed by atoms with Gasteiger partial charge in [0.1, 0.15) is 0 Å². The predicted molar refractivity (Wildman–Crippen MR) is 90.7 cm³/mol. The van der Waals surface area contributed by atoms with Crippen LogP contribution in [-0.2, 0) is 0 Å². The lowest BCUT2D eigenvalue weighted by Crippen LogP contribution is -2.28. The molecule has 2 aromatic rings. The van der Waals surface area contributed by atoms with Crippen LogP contribution in [0, 0.1) is 20.8 Å². The summed E-state index contributed by atoms with van der Waals surface area (Å²) in [6.45, 7) is 8.02. The van der Waals surface area contributed by atoms with Crippen LogP contribution in [0.1, 0.15) is 45.6 Å². The Morgan fingerprint density at radius 1 is 1.05 bits per heavy atom. The molecular formula is C18H20BrNO. The minimum atomic E-state index is -0.0225. The van der Waals surface area contributed by atoms with Gasteiger partial charge in [0.05, 0.1) is 6.04 Å². The van der Waals surface area contributed by atoms with Gasteiger partial charge in [-0.25, -0.2) is 0 Å². The normalized spacial score (nSPS) is 12.0. The average Bonchev–Trinajstić information content (AvgIpc) is 2.37. The summed E-state index contributed by atoms with van der Waals surface area (Å²) >= 11 is 3.42. The Kier molecular flexibility index (Phi) is 4.84. The maximum Gasteiger partial charge on any atom is 0.252 e. The number of aryl methyl sites for hydroxylation is 3. The van der Waals surface area contributed by atoms with Crippen LogP contribution in [0.5, 0.6) is 0 Å². The molecule has 1 atom stereocenters. The van der Waals surface area contributed by atoms with E-state index in [0.717, 1.165) is 26.7 Å². The highest BCUT2D eigenvalue weighted by Gasteiger charge is 2.15. The van der Waals surface area contributed by atoms with Crippen molar-refractivity contribution in [3.8, 4) is 0 Å². The molecule has 1 amide bonds. The van der Waals surface area contributed by atoms with E-state index in [4.69, 9.17) is 0 Å². The van der Waals surface area contributed by atoms with Gasteiger partial charge in [0.2, 0.25) is 0 Å². The highest BCUT2D eigenvalue weighted by molar-refractivity contribution is 9.10. The lowest BCUT2D eigenvalue weighted by molar-refractivity contribution is 0.0938. The van der Waals surface area contributed by atoms with Crippen molar-refractivity contribution >= 4 is 21.8 Å². The molecule has 1 unspecified atom stereocenters. The minimum absolute atomic E-state index is 0.0135. The zero-order valence-electron chi connectivity index (χ0n) is 12.8. The van der Waals surface area contributed by atoms with Gasteiger partial charge in [-0.15, -0.1) is 0 Å². The van der Waals surface area contributed by atoms with Gasteiger partial charge in [-0.2, -0.15) is 0 Å². The average molecular weight is 346 g/mol. The summed E-state index contributed by atoms with van der Waals surface area (Å²) < 4.78 is 1.04. The molecule has 0 aliphatic carbocycles. The highest BCUT2D eigenvalue weighted by atomic mass is 79.9. The first-order chi connectivity index (χ1) is 9.88. The molecular weight excluding hydrogens is 326 g/mol. The number of nitrogens with one attached hydrogen (secondary N) is 1. The minimum Gasteiger partial charge on any atom is -0.346 e. The van der Waals surface area contributed by atoms with E-state index < -0.39 is 0 Å². The third-order valence-electron chi connectivity index (χ3n) is 3.62. The van der Waals surface area contributed by atoms with E-state index in [9.17, 15) is 4.79 Å². The summed E-state index contributed by atoms with van der Waals surface area (Å²) in [7, 11) is 0. The molecule has 0 aliphatic rings. The second-order valence-electron chi connectivity index (χ2n) is 5.52. The van der Waals surface area contributed by atoms with Crippen LogP contribution < -0.4 is 5.32 Å². The van der Waals surface area contributed by atoms with E-state index in [1.165, 1.54) is 5.56 Å². The Morgan fingerprint density at radius 3 is 2.10 bits per heavy atom. The van der Waals surface area contributed by atoms with Gasteiger partial charge in [-0.05, 0) is 56.5 Å². The summed E-state index contributed by atoms with van der Waals surface area (Å²) in [5, 5.41) is 3.08. The number of hydrogen-bond donors (Lipinski definition) is 1. The largest absolute Gasteiger partial charge is 0.346 e. The van der Waals surface area contributed by atoms with Crippen LogP contribution >= 0.6 is 15.9 Å². The smallest absolute Gasteiger partial charge is 0.252 e. The predicted octanol–water partition coefficient (Wildman–Crippen LogP) is 4.87. The quantitative estimate of drug-likeness (QED) is 0.844. The fourth-order valence-corrected chi connectivity index (χ4v) is 2.91. The number of carbonyl (C=O) groups excluding carboxylic acids is 1. The molecule has 110 valence electrons. The van der Waals surface area contributed by atoms with Crippen molar-refractivity contribution in [1.82, 2.24) is 5.32 Å². The molecule has 2 aromatic carbocycles. The van der Waals surface area contributed by atoms with Crippen molar-refractivity contribution < 1.29 is 4.79 Å². The van der Waals surface area contributed by atoms with Crippen molar-refractivity contribution in [2.45, 2.75) is 33.7 Å². The first-order valence-corrected chi connectivity index (χ1v) is 7.82. The van der Waals surface area contributed by atoms with Gasteiger partial charge >= 0.3 is 0 Å². The number of halogens is 1. The number of rotatable bonds is 3. The molecule has 2 rings (SSSR count). The molecule has 0 aromatic heterocycles. The number of hydrogen-bond acceptors (Lipinski definition) is 1. The summed E-state index contributed by atoms with van der Waals surface area (Å²) in [6.07, 6.45) is 0. The summed E-state index contributed by atoms with van der Waals surface area (Å²) in [5.41, 5.74) is 5.10. The van der Waals surface area contributed by atoms with Gasteiger partial charge in [-0.3, -0.25) is 4.79 Å². The Labute approximate surface area is 134 Å². The second-order valence-corrected chi connectivity index (χ2v) is 6.44. The molecule has 0 bridgehead atoms. The van der Waals surface area contributed by atoms with E-state index >= 15 is 0 Å². The number of benzene rings is 2. The van der Waals surface area contributed by atoms with Crippen LogP contribution in [0.3, 0.4) is 0 Å². The number of amides is 1. The van der Waals surface area contributed by atoms with Crippen molar-refractivity contribution in [2.75, 3.05) is 0 Å². The molecule has 3 heteroatoms. The molecule has 0 aliphatic heterocycles. The van der Waals surface area contributed by atoms with Gasteiger partial charge in [0.25, 0.3) is 5.91 Å². The zero-order chi connectivity index (χ0) is 15.6. The third-order valence-corrected chi connectivity index (χ3v) is 4.15. The van der Waals surface area contributed by atoms with E-state index in [0.29, 0.717) is 0 Å². The molecule has 0 spiro atoms. The fraction of sp³-hybridized carbons (Fsp3) is 0.278. The van der Waals surface area contributed by atoms with Crippen LogP contribution in [-0.4, -0.2) is 5.91 Å². The Hall–Kier alpha value is -1.61. The Morgan fingerprint density at radius 2 is 1.57 bits per heavy atom. The molecule has 0 saturated carbocycles. The molecule has 21 heavy (non-hydrogen) atoms. The van der Waals surface area contributed by atoms with E-state index in [1.54, 1.807) is 0 Å². The molecule has 0 radical (unpaired) electrons. The molecule has 1 N–H and O–H groups in total. The van der Waals surface area contributed by atoms with Gasteiger partial charge < -0.3 is 5.32 Å². The van der Waals surface area contributed by atoms with Crippen LogP contribution in [0.25, 0.3) is 0 Å². The highest BCUT2D eigenvalue weighted by Crippen LogP contribution is 2.20. The lowest BCUT2D eigenvalue weighted by Gasteiger charge is -2.17.